The second-order valence-electron chi connectivity index (χ2n) is 7.51. The molecule has 0 N–H and O–H groups in total. The largest absolute Gasteiger partial charge is 0.299 e. The summed E-state index contributed by atoms with van der Waals surface area (Å²) in [5.41, 5.74) is 1.29. The second kappa shape index (κ2) is 2.73. The molecule has 1 heteroatoms. The molecule has 0 heterocycles. The van der Waals surface area contributed by atoms with Crippen LogP contribution in [0.4, 0.5) is 0 Å². The number of carbonyl (C=O) groups excluding carboxylic acids is 1. The summed E-state index contributed by atoms with van der Waals surface area (Å²) >= 11 is 0. The molecule has 0 aromatic heterocycles. The number of carbonyl (C=O) groups is 1. The molecule has 4 atom stereocenters. The van der Waals surface area contributed by atoms with Crippen LogP contribution in [0.15, 0.2) is 0 Å². The molecular formula is C15H24O. The first kappa shape index (κ1) is 10.8. The van der Waals surface area contributed by atoms with Crippen molar-refractivity contribution in [2.24, 2.45) is 28.1 Å². The molecule has 0 aromatic rings. The lowest BCUT2D eigenvalue weighted by molar-refractivity contribution is -0.139. The maximum atomic E-state index is 12.1. The van der Waals surface area contributed by atoms with E-state index in [2.05, 4.69) is 27.7 Å². The first-order valence-corrected chi connectivity index (χ1v) is 6.87. The summed E-state index contributed by atoms with van der Waals surface area (Å²) in [5.74, 6) is 1.58. The zero-order chi connectivity index (χ0) is 11.8. The highest BCUT2D eigenvalue weighted by atomic mass is 16.1. The molecule has 3 aliphatic carbocycles. The molecule has 90 valence electrons. The van der Waals surface area contributed by atoms with Crippen LogP contribution in [-0.4, -0.2) is 5.78 Å². The Balaban J connectivity index is 2.06. The van der Waals surface area contributed by atoms with Crippen molar-refractivity contribution in [1.29, 1.82) is 0 Å². The molecule has 0 aromatic carbocycles. The van der Waals surface area contributed by atoms with Crippen LogP contribution in [0.5, 0.6) is 0 Å². The van der Waals surface area contributed by atoms with Crippen molar-refractivity contribution in [3.8, 4) is 0 Å². The second-order valence-corrected chi connectivity index (χ2v) is 7.51. The van der Waals surface area contributed by atoms with Gasteiger partial charge in [0.1, 0.15) is 5.78 Å². The molecule has 3 rings (SSSR count). The fourth-order valence-corrected chi connectivity index (χ4v) is 5.56. The van der Waals surface area contributed by atoms with Gasteiger partial charge in [-0.05, 0) is 41.4 Å². The van der Waals surface area contributed by atoms with Crippen LogP contribution in [-0.2, 0) is 4.79 Å². The van der Waals surface area contributed by atoms with Gasteiger partial charge in [0.15, 0.2) is 0 Å². The third-order valence-electron chi connectivity index (χ3n) is 6.51. The van der Waals surface area contributed by atoms with Crippen LogP contribution in [0.1, 0.15) is 59.8 Å². The zero-order valence-electron chi connectivity index (χ0n) is 11.1. The third kappa shape index (κ3) is 0.966. The van der Waals surface area contributed by atoms with Gasteiger partial charge < -0.3 is 0 Å². The number of Topliss-reactive ketones (excluding diaryl/α,β-unsaturated/α-hetero) is 1. The lowest BCUT2D eigenvalue weighted by Gasteiger charge is -2.55. The molecule has 1 nitrogen and oxygen atoms in total. The van der Waals surface area contributed by atoms with Crippen LogP contribution in [0.25, 0.3) is 0 Å². The SMILES string of the molecule is CC1C(=O)CC2(C)CCCC(C)(C)C23CC13. The zero-order valence-corrected chi connectivity index (χ0v) is 11.1. The van der Waals surface area contributed by atoms with Gasteiger partial charge in [0.2, 0.25) is 0 Å². The van der Waals surface area contributed by atoms with Gasteiger partial charge in [0.25, 0.3) is 0 Å². The maximum Gasteiger partial charge on any atom is 0.136 e. The Morgan fingerprint density at radius 3 is 2.56 bits per heavy atom. The van der Waals surface area contributed by atoms with Gasteiger partial charge in [-0.25, -0.2) is 0 Å². The van der Waals surface area contributed by atoms with E-state index in [1.165, 1.54) is 25.7 Å². The molecule has 3 fully saturated rings. The minimum Gasteiger partial charge on any atom is -0.299 e. The Kier molecular flexibility index (Phi) is 1.85. The molecule has 3 saturated carbocycles. The maximum absolute atomic E-state index is 12.1. The Morgan fingerprint density at radius 1 is 1.19 bits per heavy atom. The van der Waals surface area contributed by atoms with Gasteiger partial charge in [0, 0.05) is 12.3 Å². The van der Waals surface area contributed by atoms with E-state index in [1.54, 1.807) is 0 Å². The average molecular weight is 220 g/mol. The quantitative estimate of drug-likeness (QED) is 0.606. The monoisotopic (exact) mass is 220 g/mol. The van der Waals surface area contributed by atoms with E-state index in [1.807, 2.05) is 0 Å². The normalized spacial score (nSPS) is 54.1. The molecule has 1 spiro atoms. The van der Waals surface area contributed by atoms with E-state index in [0.717, 1.165) is 6.42 Å². The predicted molar refractivity (Wildman–Crippen MR) is 65.1 cm³/mol. The van der Waals surface area contributed by atoms with Crippen molar-refractivity contribution in [3.63, 3.8) is 0 Å². The van der Waals surface area contributed by atoms with Gasteiger partial charge in [0.05, 0.1) is 0 Å². The van der Waals surface area contributed by atoms with E-state index >= 15 is 0 Å². The topological polar surface area (TPSA) is 17.1 Å². The fourth-order valence-electron chi connectivity index (χ4n) is 5.56. The van der Waals surface area contributed by atoms with Crippen LogP contribution in [0.3, 0.4) is 0 Å². The van der Waals surface area contributed by atoms with E-state index in [4.69, 9.17) is 0 Å². The lowest BCUT2D eigenvalue weighted by Crippen LogP contribution is -2.50. The molecule has 0 saturated heterocycles. The third-order valence-corrected chi connectivity index (χ3v) is 6.51. The van der Waals surface area contributed by atoms with E-state index in [-0.39, 0.29) is 0 Å². The highest BCUT2D eigenvalue weighted by molar-refractivity contribution is 5.84. The van der Waals surface area contributed by atoms with Crippen molar-refractivity contribution in [2.75, 3.05) is 0 Å². The van der Waals surface area contributed by atoms with Crippen LogP contribution < -0.4 is 0 Å². The summed E-state index contributed by atoms with van der Waals surface area (Å²) in [7, 11) is 0. The Morgan fingerprint density at radius 2 is 1.88 bits per heavy atom. The first-order valence-electron chi connectivity index (χ1n) is 6.87. The van der Waals surface area contributed by atoms with Gasteiger partial charge in [-0.2, -0.15) is 0 Å². The summed E-state index contributed by atoms with van der Waals surface area (Å²) < 4.78 is 0. The Bertz CT molecular complexity index is 356. The predicted octanol–water partition coefficient (Wildman–Crippen LogP) is 3.82. The summed E-state index contributed by atoms with van der Waals surface area (Å²) in [5, 5.41) is 0. The first-order chi connectivity index (χ1) is 7.34. The smallest absolute Gasteiger partial charge is 0.136 e. The van der Waals surface area contributed by atoms with Gasteiger partial charge in [-0.15, -0.1) is 0 Å². The van der Waals surface area contributed by atoms with Gasteiger partial charge >= 0.3 is 0 Å². The summed E-state index contributed by atoms with van der Waals surface area (Å²) in [6.45, 7) is 9.48. The molecule has 0 aliphatic heterocycles. The molecule has 4 unspecified atom stereocenters. The molecular weight excluding hydrogens is 196 g/mol. The Labute approximate surface area is 99.0 Å². The standard InChI is InChI=1S/C15H24O/c1-10-11-8-15(11)13(2,3)6-5-7-14(15,4)9-12(10)16/h10-11H,5-9H2,1-4H3. The number of hydrogen-bond acceptors (Lipinski definition) is 1. The van der Waals surface area contributed by atoms with E-state index in [0.29, 0.717) is 33.9 Å². The average Bonchev–Trinajstić information content (AvgIpc) is 2.89. The highest BCUT2D eigenvalue weighted by Gasteiger charge is 2.75. The summed E-state index contributed by atoms with van der Waals surface area (Å²) in [4.78, 5) is 12.1. The summed E-state index contributed by atoms with van der Waals surface area (Å²) in [6.07, 6.45) is 6.14. The minimum atomic E-state index is 0.322. The van der Waals surface area contributed by atoms with Crippen molar-refractivity contribution in [2.45, 2.75) is 59.8 Å². The van der Waals surface area contributed by atoms with Crippen molar-refractivity contribution in [1.82, 2.24) is 0 Å². The summed E-state index contributed by atoms with van der Waals surface area (Å²) in [6, 6.07) is 0. The lowest BCUT2D eigenvalue weighted by atomic mass is 9.48. The van der Waals surface area contributed by atoms with Crippen molar-refractivity contribution in [3.05, 3.63) is 0 Å². The van der Waals surface area contributed by atoms with Crippen LogP contribution >= 0.6 is 0 Å². The van der Waals surface area contributed by atoms with Crippen molar-refractivity contribution < 1.29 is 4.79 Å². The number of rotatable bonds is 0. The number of ketones is 1. The Hall–Kier alpha value is -0.330. The molecule has 16 heavy (non-hydrogen) atoms. The minimum absolute atomic E-state index is 0.322. The molecule has 3 aliphatic rings. The fraction of sp³-hybridized carbons (Fsp3) is 0.933. The highest BCUT2D eigenvalue weighted by Crippen LogP contribution is 2.80. The van der Waals surface area contributed by atoms with Crippen LogP contribution in [0, 0.1) is 28.1 Å². The van der Waals surface area contributed by atoms with Gasteiger partial charge in [-0.3, -0.25) is 4.79 Å². The molecule has 0 radical (unpaired) electrons. The number of hydrogen-bond donors (Lipinski definition) is 0. The molecule has 0 amide bonds. The van der Waals surface area contributed by atoms with Crippen molar-refractivity contribution >= 4 is 5.78 Å². The van der Waals surface area contributed by atoms with Crippen LogP contribution in [0.2, 0.25) is 0 Å². The van der Waals surface area contributed by atoms with Gasteiger partial charge in [-0.1, -0.05) is 34.1 Å². The van der Waals surface area contributed by atoms with E-state index in [9.17, 15) is 4.79 Å². The molecule has 0 bridgehead atoms. The van der Waals surface area contributed by atoms with E-state index < -0.39 is 0 Å².